The van der Waals surface area contributed by atoms with E-state index in [1.807, 2.05) is 0 Å². The SMILES string of the molecule is C=CC(=O)ON=Cc1ccc(N2C(=O)CNC2=O)cc1. The Labute approximate surface area is 114 Å². The van der Waals surface area contributed by atoms with E-state index in [-0.39, 0.29) is 12.5 Å². The van der Waals surface area contributed by atoms with Crippen molar-refractivity contribution in [2.45, 2.75) is 0 Å². The highest BCUT2D eigenvalue weighted by atomic mass is 16.7. The fraction of sp³-hybridized carbons (Fsp3) is 0.0769. The van der Waals surface area contributed by atoms with Crippen LogP contribution in [0.25, 0.3) is 0 Å². The minimum Gasteiger partial charge on any atom is -0.328 e. The van der Waals surface area contributed by atoms with Gasteiger partial charge in [-0.05, 0) is 17.7 Å². The molecule has 1 aromatic rings. The Kier molecular flexibility index (Phi) is 3.90. The number of hydrogen-bond donors (Lipinski definition) is 1. The van der Waals surface area contributed by atoms with E-state index in [0.29, 0.717) is 11.3 Å². The Morgan fingerprint density at radius 3 is 2.60 bits per heavy atom. The Morgan fingerprint density at radius 2 is 2.05 bits per heavy atom. The van der Waals surface area contributed by atoms with Crippen molar-refractivity contribution >= 4 is 29.8 Å². The highest BCUT2D eigenvalue weighted by molar-refractivity contribution is 6.19. The number of oxime groups is 1. The Hall–Kier alpha value is -2.96. The maximum atomic E-state index is 11.5. The van der Waals surface area contributed by atoms with Gasteiger partial charge < -0.3 is 10.2 Å². The van der Waals surface area contributed by atoms with Crippen molar-refractivity contribution in [3.05, 3.63) is 42.5 Å². The summed E-state index contributed by atoms with van der Waals surface area (Å²) in [5.74, 6) is -0.964. The van der Waals surface area contributed by atoms with E-state index in [9.17, 15) is 14.4 Å². The molecule has 0 unspecified atom stereocenters. The molecule has 1 saturated heterocycles. The van der Waals surface area contributed by atoms with Gasteiger partial charge in [0.2, 0.25) is 0 Å². The summed E-state index contributed by atoms with van der Waals surface area (Å²) in [5.41, 5.74) is 1.11. The van der Waals surface area contributed by atoms with Gasteiger partial charge >= 0.3 is 12.0 Å². The molecule has 0 aromatic heterocycles. The molecule has 1 heterocycles. The lowest BCUT2D eigenvalue weighted by molar-refractivity contribution is -0.137. The predicted octanol–water partition coefficient (Wildman–Crippen LogP) is 0.806. The number of benzene rings is 1. The summed E-state index contributed by atoms with van der Waals surface area (Å²) in [6.07, 6.45) is 2.33. The molecular formula is C13H11N3O4. The Morgan fingerprint density at radius 1 is 1.35 bits per heavy atom. The number of amides is 3. The monoisotopic (exact) mass is 273 g/mol. The van der Waals surface area contributed by atoms with E-state index in [4.69, 9.17) is 0 Å². The first-order valence-corrected chi connectivity index (χ1v) is 5.69. The van der Waals surface area contributed by atoms with Crippen LogP contribution in [0.15, 0.2) is 42.1 Å². The topological polar surface area (TPSA) is 88.1 Å². The standard InChI is InChI=1S/C13H11N3O4/c1-2-12(18)20-15-7-9-3-5-10(6-4-9)16-11(17)8-14-13(16)19/h2-7H,1,8H2,(H,14,19). The van der Waals surface area contributed by atoms with Crippen molar-refractivity contribution in [3.8, 4) is 0 Å². The van der Waals surface area contributed by atoms with Crippen molar-refractivity contribution < 1.29 is 19.2 Å². The fourth-order valence-corrected chi connectivity index (χ4v) is 1.57. The zero-order valence-corrected chi connectivity index (χ0v) is 10.4. The molecular weight excluding hydrogens is 262 g/mol. The smallest absolute Gasteiger partial charge is 0.328 e. The van der Waals surface area contributed by atoms with Gasteiger partial charge in [0, 0.05) is 6.08 Å². The van der Waals surface area contributed by atoms with Crippen LogP contribution in [0.1, 0.15) is 5.56 Å². The van der Waals surface area contributed by atoms with Crippen LogP contribution >= 0.6 is 0 Å². The van der Waals surface area contributed by atoms with Crippen molar-refractivity contribution in [2.24, 2.45) is 5.16 Å². The van der Waals surface area contributed by atoms with E-state index >= 15 is 0 Å². The Bertz CT molecular complexity index is 576. The summed E-state index contributed by atoms with van der Waals surface area (Å²) in [6.45, 7) is 3.23. The van der Waals surface area contributed by atoms with Crippen LogP contribution < -0.4 is 10.2 Å². The number of rotatable bonds is 4. The molecule has 7 heteroatoms. The van der Waals surface area contributed by atoms with Gasteiger partial charge in [-0.2, -0.15) is 0 Å². The molecule has 7 nitrogen and oxygen atoms in total. The lowest BCUT2D eigenvalue weighted by atomic mass is 10.2. The van der Waals surface area contributed by atoms with Gasteiger partial charge in [-0.1, -0.05) is 23.9 Å². The lowest BCUT2D eigenvalue weighted by Gasteiger charge is -2.11. The van der Waals surface area contributed by atoms with Gasteiger partial charge in [-0.25, -0.2) is 14.5 Å². The average molecular weight is 273 g/mol. The number of carbonyl (C=O) groups is 3. The average Bonchev–Trinajstić information content (AvgIpc) is 2.79. The van der Waals surface area contributed by atoms with Crippen LogP contribution in [-0.2, 0) is 14.4 Å². The highest BCUT2D eigenvalue weighted by Gasteiger charge is 2.29. The molecule has 0 bridgehead atoms. The van der Waals surface area contributed by atoms with E-state index in [1.54, 1.807) is 24.3 Å². The summed E-state index contributed by atoms with van der Waals surface area (Å²) in [6, 6.07) is 6.02. The number of imide groups is 1. The van der Waals surface area contributed by atoms with E-state index < -0.39 is 12.0 Å². The maximum Gasteiger partial charge on any atom is 0.357 e. The van der Waals surface area contributed by atoms with Gasteiger partial charge in [0.15, 0.2) is 0 Å². The molecule has 0 radical (unpaired) electrons. The van der Waals surface area contributed by atoms with Gasteiger partial charge in [-0.3, -0.25) is 4.79 Å². The van der Waals surface area contributed by atoms with Crippen molar-refractivity contribution in [2.75, 3.05) is 11.4 Å². The van der Waals surface area contributed by atoms with Crippen LogP contribution in [0.5, 0.6) is 0 Å². The summed E-state index contributed by atoms with van der Waals surface area (Å²) in [4.78, 5) is 39.2. The largest absolute Gasteiger partial charge is 0.357 e. The van der Waals surface area contributed by atoms with Gasteiger partial charge in [0.05, 0.1) is 18.4 Å². The molecule has 0 spiro atoms. The molecule has 1 N–H and O–H groups in total. The zero-order chi connectivity index (χ0) is 14.5. The second kappa shape index (κ2) is 5.79. The molecule has 1 fully saturated rings. The third kappa shape index (κ3) is 2.89. The summed E-state index contributed by atoms with van der Waals surface area (Å²) in [5, 5.41) is 5.89. The summed E-state index contributed by atoms with van der Waals surface area (Å²) < 4.78 is 0. The van der Waals surface area contributed by atoms with Gasteiger partial charge in [0.1, 0.15) is 0 Å². The molecule has 3 amide bonds. The second-order valence-electron chi connectivity index (χ2n) is 3.83. The number of anilines is 1. The molecule has 0 saturated carbocycles. The number of hydrogen-bond acceptors (Lipinski definition) is 5. The summed E-state index contributed by atoms with van der Waals surface area (Å²) in [7, 11) is 0. The fourth-order valence-electron chi connectivity index (χ4n) is 1.57. The zero-order valence-electron chi connectivity index (χ0n) is 10.4. The van der Waals surface area contributed by atoms with E-state index in [1.165, 1.54) is 6.21 Å². The number of nitrogens with zero attached hydrogens (tertiary/aromatic N) is 2. The molecule has 0 atom stereocenters. The number of nitrogens with one attached hydrogen (secondary N) is 1. The van der Waals surface area contributed by atoms with E-state index in [0.717, 1.165) is 11.0 Å². The maximum absolute atomic E-state index is 11.5. The molecule has 1 aromatic carbocycles. The normalized spacial score (nSPS) is 14.5. The number of carbonyl (C=O) groups excluding carboxylic acids is 3. The summed E-state index contributed by atoms with van der Waals surface area (Å²) >= 11 is 0. The van der Waals surface area contributed by atoms with E-state index in [2.05, 4.69) is 21.9 Å². The van der Waals surface area contributed by atoms with Crippen LogP contribution in [0.2, 0.25) is 0 Å². The molecule has 1 aliphatic rings. The first kappa shape index (κ1) is 13.5. The molecule has 2 rings (SSSR count). The molecule has 20 heavy (non-hydrogen) atoms. The van der Waals surface area contributed by atoms with Crippen molar-refractivity contribution in [3.63, 3.8) is 0 Å². The predicted molar refractivity (Wildman–Crippen MR) is 71.2 cm³/mol. The van der Waals surface area contributed by atoms with Gasteiger partial charge in [0.25, 0.3) is 5.91 Å². The third-order valence-corrected chi connectivity index (χ3v) is 2.51. The van der Waals surface area contributed by atoms with Crippen LogP contribution in [0.3, 0.4) is 0 Å². The first-order valence-electron chi connectivity index (χ1n) is 5.69. The van der Waals surface area contributed by atoms with Crippen LogP contribution in [-0.4, -0.2) is 30.7 Å². The van der Waals surface area contributed by atoms with Crippen molar-refractivity contribution in [1.29, 1.82) is 0 Å². The van der Waals surface area contributed by atoms with Crippen LogP contribution in [0.4, 0.5) is 10.5 Å². The molecule has 0 aliphatic carbocycles. The lowest BCUT2D eigenvalue weighted by Crippen LogP contribution is -2.30. The quantitative estimate of drug-likeness (QED) is 0.289. The minimum absolute atomic E-state index is 0.000448. The molecule has 102 valence electrons. The highest BCUT2D eigenvalue weighted by Crippen LogP contribution is 2.17. The number of urea groups is 1. The molecule has 1 aliphatic heterocycles. The van der Waals surface area contributed by atoms with Crippen LogP contribution in [0, 0.1) is 0 Å². The minimum atomic E-state index is -0.655. The second-order valence-corrected chi connectivity index (χ2v) is 3.83. The van der Waals surface area contributed by atoms with Gasteiger partial charge in [-0.15, -0.1) is 0 Å². The van der Waals surface area contributed by atoms with Crippen molar-refractivity contribution in [1.82, 2.24) is 5.32 Å². The first-order chi connectivity index (χ1) is 9.61. The Balaban J connectivity index is 2.06. The third-order valence-electron chi connectivity index (χ3n) is 2.51.